The van der Waals surface area contributed by atoms with Gasteiger partial charge in [0.15, 0.2) is 0 Å². The van der Waals surface area contributed by atoms with Crippen molar-refractivity contribution in [2.45, 2.75) is 45.7 Å². The van der Waals surface area contributed by atoms with Crippen LogP contribution >= 0.6 is 0 Å². The van der Waals surface area contributed by atoms with Crippen LogP contribution in [0.4, 0.5) is 0 Å². The van der Waals surface area contributed by atoms with Crippen LogP contribution in [0.5, 0.6) is 5.75 Å². The lowest BCUT2D eigenvalue weighted by molar-refractivity contribution is -0.140. The van der Waals surface area contributed by atoms with Crippen molar-refractivity contribution in [3.8, 4) is 5.75 Å². The van der Waals surface area contributed by atoms with E-state index in [4.69, 9.17) is 4.74 Å². The highest BCUT2D eigenvalue weighted by Crippen LogP contribution is 2.41. The van der Waals surface area contributed by atoms with Crippen LogP contribution in [0.3, 0.4) is 0 Å². The van der Waals surface area contributed by atoms with E-state index in [9.17, 15) is 14.7 Å². The number of ether oxygens (including phenoxy) is 1. The van der Waals surface area contributed by atoms with Gasteiger partial charge in [-0.25, -0.2) is 0 Å². The molecule has 1 saturated heterocycles. The Morgan fingerprint density at radius 2 is 1.71 bits per heavy atom. The van der Waals surface area contributed by atoms with E-state index < -0.39 is 17.7 Å². The molecule has 0 spiro atoms. The lowest BCUT2D eigenvalue weighted by Crippen LogP contribution is -2.29. The SMILES string of the molecule is CCOc1ccc(/C(O)=C2\C(=O)C(=O)N(Cc3cccnc3)[C@H]2c2ccc(C(C)(C)C)cc2)cc1. The number of carbonyl (C=O) groups excluding carboxylic acids is 2. The van der Waals surface area contributed by atoms with Crippen LogP contribution in [-0.2, 0) is 21.5 Å². The number of rotatable bonds is 6. The molecule has 0 unspecified atom stereocenters. The number of hydrogen-bond acceptors (Lipinski definition) is 5. The number of amides is 1. The van der Waals surface area contributed by atoms with Crippen molar-refractivity contribution in [2.75, 3.05) is 6.61 Å². The summed E-state index contributed by atoms with van der Waals surface area (Å²) in [4.78, 5) is 32.1. The minimum atomic E-state index is -0.726. The van der Waals surface area contributed by atoms with Crippen LogP contribution in [0.2, 0.25) is 0 Å². The molecule has 6 nitrogen and oxygen atoms in total. The molecule has 0 radical (unpaired) electrons. The normalized spacial score (nSPS) is 17.6. The molecule has 6 heteroatoms. The Kier molecular flexibility index (Phi) is 6.74. The lowest BCUT2D eigenvalue weighted by Gasteiger charge is -2.26. The molecule has 1 aromatic heterocycles. The second kappa shape index (κ2) is 9.74. The van der Waals surface area contributed by atoms with E-state index in [0.29, 0.717) is 17.9 Å². The number of ketones is 1. The van der Waals surface area contributed by atoms with Crippen molar-refractivity contribution in [3.63, 3.8) is 0 Å². The van der Waals surface area contributed by atoms with Gasteiger partial charge in [0.25, 0.3) is 11.7 Å². The molecule has 1 amide bonds. The fourth-order valence-electron chi connectivity index (χ4n) is 4.27. The third kappa shape index (κ3) is 4.97. The Labute approximate surface area is 205 Å². The number of Topliss-reactive ketones (excluding diaryl/α,β-unsaturated/α-hetero) is 1. The molecular formula is C29H30N2O4. The minimum Gasteiger partial charge on any atom is -0.507 e. The van der Waals surface area contributed by atoms with E-state index in [1.54, 1.807) is 42.7 Å². The van der Waals surface area contributed by atoms with Crippen molar-refractivity contribution >= 4 is 17.4 Å². The van der Waals surface area contributed by atoms with Gasteiger partial charge >= 0.3 is 0 Å². The van der Waals surface area contributed by atoms with Gasteiger partial charge in [0.1, 0.15) is 11.5 Å². The van der Waals surface area contributed by atoms with Crippen molar-refractivity contribution in [1.82, 2.24) is 9.88 Å². The maximum Gasteiger partial charge on any atom is 0.295 e. The van der Waals surface area contributed by atoms with Gasteiger partial charge in [-0.3, -0.25) is 14.6 Å². The molecule has 0 bridgehead atoms. The third-order valence-corrected chi connectivity index (χ3v) is 6.15. The van der Waals surface area contributed by atoms with Crippen molar-refractivity contribution in [3.05, 3.63) is 101 Å². The summed E-state index contributed by atoms with van der Waals surface area (Å²) >= 11 is 0. The second-order valence-corrected chi connectivity index (χ2v) is 9.62. The topological polar surface area (TPSA) is 79.7 Å². The number of carbonyl (C=O) groups is 2. The molecule has 0 saturated carbocycles. The van der Waals surface area contributed by atoms with Crippen LogP contribution in [-0.4, -0.2) is 33.3 Å². The van der Waals surface area contributed by atoms with Gasteiger partial charge in [0, 0.05) is 24.5 Å². The van der Waals surface area contributed by atoms with E-state index in [1.165, 1.54) is 4.90 Å². The fraction of sp³-hybridized carbons (Fsp3) is 0.276. The van der Waals surface area contributed by atoms with Crippen LogP contribution in [0.15, 0.2) is 78.6 Å². The molecule has 1 fully saturated rings. The zero-order chi connectivity index (χ0) is 25.2. The van der Waals surface area contributed by atoms with Gasteiger partial charge in [-0.15, -0.1) is 0 Å². The zero-order valence-corrected chi connectivity index (χ0v) is 20.5. The Hall–Kier alpha value is -3.93. The van der Waals surface area contributed by atoms with E-state index in [0.717, 1.165) is 16.7 Å². The monoisotopic (exact) mass is 470 g/mol. The van der Waals surface area contributed by atoms with Crippen molar-refractivity contribution in [2.24, 2.45) is 0 Å². The molecule has 1 aliphatic heterocycles. The fourth-order valence-corrected chi connectivity index (χ4v) is 4.27. The summed E-state index contributed by atoms with van der Waals surface area (Å²) < 4.78 is 5.48. The molecule has 4 rings (SSSR count). The first-order valence-corrected chi connectivity index (χ1v) is 11.7. The average Bonchev–Trinajstić information content (AvgIpc) is 3.09. The van der Waals surface area contributed by atoms with Crippen molar-refractivity contribution in [1.29, 1.82) is 0 Å². The van der Waals surface area contributed by atoms with E-state index in [-0.39, 0.29) is 23.3 Å². The molecule has 2 aromatic carbocycles. The average molecular weight is 471 g/mol. The predicted octanol–water partition coefficient (Wildman–Crippen LogP) is 5.40. The Balaban J connectivity index is 1.82. The summed E-state index contributed by atoms with van der Waals surface area (Å²) in [6, 6.07) is 17.6. The molecule has 1 N–H and O–H groups in total. The number of nitrogens with zero attached hydrogens (tertiary/aromatic N) is 2. The number of aliphatic hydroxyl groups is 1. The van der Waals surface area contributed by atoms with Gasteiger partial charge in [-0.2, -0.15) is 0 Å². The predicted molar refractivity (Wildman–Crippen MR) is 135 cm³/mol. The molecule has 0 aliphatic carbocycles. The number of aliphatic hydroxyl groups excluding tert-OH is 1. The molecular weight excluding hydrogens is 440 g/mol. The van der Waals surface area contributed by atoms with Crippen LogP contribution in [0.25, 0.3) is 5.76 Å². The maximum absolute atomic E-state index is 13.3. The highest BCUT2D eigenvalue weighted by Gasteiger charge is 2.46. The third-order valence-electron chi connectivity index (χ3n) is 6.15. The molecule has 180 valence electrons. The number of pyridine rings is 1. The van der Waals surface area contributed by atoms with Gasteiger partial charge < -0.3 is 14.7 Å². The maximum atomic E-state index is 13.3. The van der Waals surface area contributed by atoms with Gasteiger partial charge in [0.05, 0.1) is 18.2 Å². The quantitative estimate of drug-likeness (QED) is 0.296. The van der Waals surface area contributed by atoms with E-state index >= 15 is 0 Å². The largest absolute Gasteiger partial charge is 0.507 e. The molecule has 35 heavy (non-hydrogen) atoms. The number of aromatic nitrogens is 1. The first kappa shape index (κ1) is 24.2. The Bertz CT molecular complexity index is 1240. The van der Waals surface area contributed by atoms with E-state index in [2.05, 4.69) is 25.8 Å². The highest BCUT2D eigenvalue weighted by molar-refractivity contribution is 6.46. The Morgan fingerprint density at radius 3 is 2.29 bits per heavy atom. The minimum absolute atomic E-state index is 0.0433. The smallest absolute Gasteiger partial charge is 0.295 e. The zero-order valence-electron chi connectivity index (χ0n) is 20.5. The standard InChI is InChI=1S/C29H30N2O4/c1-5-35-23-14-10-21(11-15-23)26(32)24-25(20-8-12-22(13-9-20)29(2,3)4)31(28(34)27(24)33)18-19-7-6-16-30-17-19/h6-17,25,32H,5,18H2,1-4H3/b26-24+/t25-/m0/s1. The summed E-state index contributed by atoms with van der Waals surface area (Å²) in [6.07, 6.45) is 3.33. The number of hydrogen-bond donors (Lipinski definition) is 1. The summed E-state index contributed by atoms with van der Waals surface area (Å²) in [7, 11) is 0. The summed E-state index contributed by atoms with van der Waals surface area (Å²) in [6.45, 7) is 9.00. The van der Waals surface area contributed by atoms with Crippen LogP contribution < -0.4 is 4.74 Å². The van der Waals surface area contributed by atoms with Gasteiger partial charge in [0.2, 0.25) is 0 Å². The highest BCUT2D eigenvalue weighted by atomic mass is 16.5. The first-order valence-electron chi connectivity index (χ1n) is 11.7. The summed E-state index contributed by atoms with van der Waals surface area (Å²) in [5, 5.41) is 11.3. The number of benzene rings is 2. The summed E-state index contributed by atoms with van der Waals surface area (Å²) in [5.74, 6) is -0.892. The first-order chi connectivity index (χ1) is 16.7. The molecule has 1 aliphatic rings. The van der Waals surface area contributed by atoms with Gasteiger partial charge in [-0.05, 0) is 59.4 Å². The summed E-state index contributed by atoms with van der Waals surface area (Å²) in [5.41, 5.74) is 3.17. The second-order valence-electron chi connectivity index (χ2n) is 9.62. The van der Waals surface area contributed by atoms with E-state index in [1.807, 2.05) is 37.3 Å². The van der Waals surface area contributed by atoms with Crippen LogP contribution in [0, 0.1) is 0 Å². The van der Waals surface area contributed by atoms with Gasteiger partial charge in [-0.1, -0.05) is 51.1 Å². The molecule has 1 atom stereocenters. The number of likely N-dealkylation sites (tertiary alicyclic amines) is 1. The molecule has 2 heterocycles. The Morgan fingerprint density at radius 1 is 1.03 bits per heavy atom. The van der Waals surface area contributed by atoms with Crippen LogP contribution in [0.1, 0.15) is 56.0 Å². The van der Waals surface area contributed by atoms with Crippen molar-refractivity contribution < 1.29 is 19.4 Å². The lowest BCUT2D eigenvalue weighted by atomic mass is 9.85. The molecule has 3 aromatic rings.